The van der Waals surface area contributed by atoms with Gasteiger partial charge < -0.3 is 28.9 Å². The maximum absolute atomic E-state index is 11.0. The van der Waals surface area contributed by atoms with Crippen molar-refractivity contribution in [1.29, 1.82) is 0 Å². The summed E-state index contributed by atoms with van der Waals surface area (Å²) < 4.78 is 20.6. The van der Waals surface area contributed by atoms with Crippen LogP contribution in [-0.4, -0.2) is 24.7 Å². The smallest absolute Gasteiger partial charge is 0.313 e. The van der Waals surface area contributed by atoms with Gasteiger partial charge in [0.1, 0.15) is 0 Å². The van der Waals surface area contributed by atoms with Crippen molar-refractivity contribution in [2.24, 2.45) is 0 Å². The molecule has 0 aromatic heterocycles. The van der Waals surface area contributed by atoms with Crippen LogP contribution in [0, 0.1) is 6.57 Å². The summed E-state index contributed by atoms with van der Waals surface area (Å²) >= 11 is 0. The standard InChI is InChI=1S/C11H12O4.C9H7NO2.4C2H6/c1-11(2,10(12)13)7-3-4-8-9(5-7)15-6-14-8;1-10-5-7-2-3-8-9(4-7)12-6-11-8;4*1-2/h3-5H,6H2,1-2H3,(H,12,13);2-4H,5-6H2;4*1-2H3. The van der Waals surface area contributed by atoms with Crippen LogP contribution in [0.15, 0.2) is 36.4 Å². The van der Waals surface area contributed by atoms with Crippen LogP contribution >= 0.6 is 0 Å². The van der Waals surface area contributed by atoms with Crippen LogP contribution in [0.5, 0.6) is 23.0 Å². The van der Waals surface area contributed by atoms with E-state index in [0.717, 1.165) is 17.1 Å². The van der Waals surface area contributed by atoms with Crippen LogP contribution < -0.4 is 18.9 Å². The Hall–Kier alpha value is -3.40. The minimum absolute atomic E-state index is 0.201. The first kappa shape index (κ1) is 33.8. The molecule has 0 amide bonds. The third-order valence-electron chi connectivity index (χ3n) is 4.33. The number of rotatable bonds is 3. The molecule has 2 aliphatic rings. The number of hydrogen-bond acceptors (Lipinski definition) is 5. The minimum Gasteiger partial charge on any atom is -0.481 e. The number of carboxylic acids is 1. The fourth-order valence-corrected chi connectivity index (χ4v) is 2.54. The van der Waals surface area contributed by atoms with Crippen molar-refractivity contribution < 1.29 is 28.8 Å². The Balaban J connectivity index is 0. The molecule has 0 radical (unpaired) electrons. The summed E-state index contributed by atoms with van der Waals surface area (Å²) in [5.74, 6) is 1.93. The number of carboxylic acid groups (broad SMARTS) is 1. The molecule has 0 unspecified atom stereocenters. The van der Waals surface area contributed by atoms with Crippen LogP contribution in [0.2, 0.25) is 0 Å². The number of aliphatic carboxylic acids is 1. The van der Waals surface area contributed by atoms with Gasteiger partial charge in [0.15, 0.2) is 23.0 Å². The van der Waals surface area contributed by atoms with Crippen molar-refractivity contribution >= 4 is 5.97 Å². The topological polar surface area (TPSA) is 78.6 Å². The molecule has 2 aromatic carbocycles. The lowest BCUT2D eigenvalue weighted by molar-refractivity contribution is -0.142. The molecule has 4 rings (SSSR count). The third kappa shape index (κ3) is 10.2. The Morgan fingerprint density at radius 3 is 1.69 bits per heavy atom. The maximum Gasteiger partial charge on any atom is 0.313 e. The second-order valence-corrected chi connectivity index (χ2v) is 6.50. The highest BCUT2D eigenvalue weighted by molar-refractivity contribution is 5.80. The number of benzene rings is 2. The largest absolute Gasteiger partial charge is 0.481 e. The van der Waals surface area contributed by atoms with Crippen molar-refractivity contribution in [2.75, 3.05) is 13.6 Å². The number of fused-ring (bicyclic) bond motifs is 2. The highest BCUT2D eigenvalue weighted by Gasteiger charge is 2.31. The monoisotopic (exact) mass is 489 g/mol. The predicted octanol–water partition coefficient (Wildman–Crippen LogP) is 7.72. The molecule has 1 N–H and O–H groups in total. The van der Waals surface area contributed by atoms with Crippen molar-refractivity contribution in [3.05, 3.63) is 58.9 Å². The lowest BCUT2D eigenvalue weighted by Gasteiger charge is -2.19. The molecule has 0 bridgehead atoms. The quantitative estimate of drug-likeness (QED) is 0.445. The molecule has 196 valence electrons. The Labute approximate surface area is 211 Å². The van der Waals surface area contributed by atoms with Gasteiger partial charge in [-0.1, -0.05) is 61.5 Å². The van der Waals surface area contributed by atoms with Gasteiger partial charge in [0.2, 0.25) is 20.1 Å². The van der Waals surface area contributed by atoms with Crippen LogP contribution in [0.25, 0.3) is 4.85 Å². The molecular weight excluding hydrogens is 446 g/mol. The van der Waals surface area contributed by atoms with Crippen LogP contribution in [-0.2, 0) is 16.8 Å². The van der Waals surface area contributed by atoms with Gasteiger partial charge in [0, 0.05) is 5.56 Å². The minimum atomic E-state index is -0.916. The molecule has 7 heteroatoms. The molecule has 35 heavy (non-hydrogen) atoms. The Morgan fingerprint density at radius 1 is 0.800 bits per heavy atom. The fraction of sp³-hybridized carbons (Fsp3) is 0.500. The fourth-order valence-electron chi connectivity index (χ4n) is 2.54. The molecule has 0 fully saturated rings. The molecule has 0 atom stereocenters. The number of ether oxygens (including phenoxy) is 4. The average molecular weight is 490 g/mol. The SMILES string of the molecule is CC.CC.CC.CC.CC(C)(C(=O)O)c1ccc2c(c1)OCO2.[C-]#[N+]Cc1ccc2c(c1)OCO2. The van der Waals surface area contributed by atoms with E-state index in [-0.39, 0.29) is 13.6 Å². The van der Waals surface area contributed by atoms with Gasteiger partial charge in [-0.05, 0) is 49.7 Å². The van der Waals surface area contributed by atoms with E-state index in [9.17, 15) is 4.79 Å². The zero-order valence-electron chi connectivity index (χ0n) is 23.0. The lowest BCUT2D eigenvalue weighted by Crippen LogP contribution is -2.28. The Kier molecular flexibility index (Phi) is 18.3. The molecule has 2 heterocycles. The van der Waals surface area contributed by atoms with Crippen LogP contribution in [0.1, 0.15) is 80.4 Å². The summed E-state index contributed by atoms with van der Waals surface area (Å²) in [6.45, 7) is 26.9. The summed E-state index contributed by atoms with van der Waals surface area (Å²) in [6.07, 6.45) is 0. The molecule has 2 aliphatic heterocycles. The van der Waals surface area contributed by atoms with E-state index in [1.54, 1.807) is 32.0 Å². The molecule has 0 aliphatic carbocycles. The zero-order valence-corrected chi connectivity index (χ0v) is 23.0. The van der Waals surface area contributed by atoms with Gasteiger partial charge in [-0.15, -0.1) is 0 Å². The van der Waals surface area contributed by atoms with Crippen molar-refractivity contribution in [3.63, 3.8) is 0 Å². The van der Waals surface area contributed by atoms with Crippen LogP contribution in [0.4, 0.5) is 0 Å². The predicted molar refractivity (Wildman–Crippen MR) is 141 cm³/mol. The summed E-state index contributed by atoms with van der Waals surface area (Å²) in [5, 5.41) is 9.07. The summed E-state index contributed by atoms with van der Waals surface area (Å²) in [6, 6.07) is 10.8. The second kappa shape index (κ2) is 19.0. The first-order valence-electron chi connectivity index (χ1n) is 12.3. The third-order valence-corrected chi connectivity index (χ3v) is 4.33. The molecule has 0 saturated heterocycles. The lowest BCUT2D eigenvalue weighted by atomic mass is 9.85. The highest BCUT2D eigenvalue weighted by Crippen LogP contribution is 2.36. The molecule has 2 aromatic rings. The maximum atomic E-state index is 11.0. The van der Waals surface area contributed by atoms with Crippen molar-refractivity contribution in [2.45, 2.75) is 81.2 Å². The van der Waals surface area contributed by atoms with Gasteiger partial charge in [0.25, 0.3) is 0 Å². The number of nitrogens with zero attached hydrogens (tertiary/aromatic N) is 1. The highest BCUT2D eigenvalue weighted by atomic mass is 16.7. The normalized spacial score (nSPS) is 11.0. The molecule has 7 nitrogen and oxygen atoms in total. The van der Waals surface area contributed by atoms with Gasteiger partial charge in [-0.3, -0.25) is 4.79 Å². The van der Waals surface area contributed by atoms with E-state index in [0.29, 0.717) is 23.6 Å². The van der Waals surface area contributed by atoms with E-state index in [2.05, 4.69) is 4.85 Å². The van der Waals surface area contributed by atoms with Crippen molar-refractivity contribution in [3.8, 4) is 23.0 Å². The molecule has 0 spiro atoms. The van der Waals surface area contributed by atoms with Gasteiger partial charge in [0.05, 0.1) is 5.41 Å². The summed E-state index contributed by atoms with van der Waals surface area (Å²) in [7, 11) is 0. The summed E-state index contributed by atoms with van der Waals surface area (Å²) in [5.41, 5.74) is 0.759. The Bertz CT molecular complexity index is 903. The van der Waals surface area contributed by atoms with E-state index < -0.39 is 11.4 Å². The van der Waals surface area contributed by atoms with Gasteiger partial charge in [-0.25, -0.2) is 6.57 Å². The van der Waals surface area contributed by atoms with E-state index in [1.165, 1.54) is 0 Å². The second-order valence-electron chi connectivity index (χ2n) is 6.50. The number of carbonyl (C=O) groups is 1. The van der Waals surface area contributed by atoms with E-state index in [4.69, 9.17) is 30.6 Å². The van der Waals surface area contributed by atoms with Crippen molar-refractivity contribution in [1.82, 2.24) is 0 Å². The zero-order chi connectivity index (χ0) is 27.4. The first-order valence-corrected chi connectivity index (χ1v) is 12.3. The molecular formula is C28H43NO6. The van der Waals surface area contributed by atoms with Crippen LogP contribution in [0.3, 0.4) is 0 Å². The van der Waals surface area contributed by atoms with Gasteiger partial charge >= 0.3 is 5.97 Å². The Morgan fingerprint density at radius 2 is 1.23 bits per heavy atom. The first-order chi connectivity index (χ1) is 16.9. The summed E-state index contributed by atoms with van der Waals surface area (Å²) in [4.78, 5) is 14.3. The molecule has 0 saturated carbocycles. The van der Waals surface area contributed by atoms with Gasteiger partial charge in [-0.2, -0.15) is 0 Å². The van der Waals surface area contributed by atoms with E-state index in [1.807, 2.05) is 73.6 Å². The number of hydrogen-bond donors (Lipinski definition) is 1. The average Bonchev–Trinajstić information content (AvgIpc) is 3.58. The van der Waals surface area contributed by atoms with E-state index >= 15 is 0 Å².